The zero-order valence-electron chi connectivity index (χ0n) is 12.6. The van der Waals surface area contributed by atoms with Crippen molar-refractivity contribution in [2.45, 2.75) is 26.0 Å². The number of aliphatic hydroxyl groups is 2. The molecule has 21 heavy (non-hydrogen) atoms. The Labute approximate surface area is 126 Å². The van der Waals surface area contributed by atoms with Gasteiger partial charge in [0.25, 0.3) is 0 Å². The van der Waals surface area contributed by atoms with Crippen molar-refractivity contribution in [1.29, 1.82) is 0 Å². The first-order chi connectivity index (χ1) is 10.1. The first-order valence-electron chi connectivity index (χ1n) is 7.27. The average molecular weight is 285 g/mol. The minimum Gasteiger partial charge on any atom is -0.395 e. The normalized spacial score (nSPS) is 13.9. The summed E-state index contributed by atoms with van der Waals surface area (Å²) in [5.41, 5.74) is 4.24. The molecule has 0 heterocycles. The maximum Gasteiger partial charge on any atom is 0.0984 e. The van der Waals surface area contributed by atoms with Crippen LogP contribution >= 0.6 is 0 Å². The Balaban J connectivity index is 2.26. The fourth-order valence-electron chi connectivity index (χ4n) is 2.36. The SMILES string of the molecule is Cc1ccc(C(O)C(NCCO)c2ccc(C)cc2)cc1. The Morgan fingerprint density at radius 2 is 1.33 bits per heavy atom. The molecule has 0 aliphatic rings. The maximum absolute atomic E-state index is 10.7. The molecule has 2 rings (SSSR count). The zero-order chi connectivity index (χ0) is 15.2. The Bertz CT molecular complexity index is 548. The van der Waals surface area contributed by atoms with Gasteiger partial charge in [-0.3, -0.25) is 0 Å². The molecule has 3 nitrogen and oxygen atoms in total. The summed E-state index contributed by atoms with van der Waals surface area (Å²) in [7, 11) is 0. The first-order valence-corrected chi connectivity index (χ1v) is 7.27. The van der Waals surface area contributed by atoms with Crippen LogP contribution in [0, 0.1) is 13.8 Å². The van der Waals surface area contributed by atoms with Gasteiger partial charge in [-0.2, -0.15) is 0 Å². The second kappa shape index (κ2) is 7.36. The molecule has 3 heteroatoms. The van der Waals surface area contributed by atoms with Gasteiger partial charge in [0, 0.05) is 6.54 Å². The molecule has 2 atom stereocenters. The van der Waals surface area contributed by atoms with Gasteiger partial charge in [-0.15, -0.1) is 0 Å². The molecule has 3 N–H and O–H groups in total. The number of nitrogens with one attached hydrogen (secondary N) is 1. The molecular formula is C18H23NO2. The molecule has 2 unspecified atom stereocenters. The van der Waals surface area contributed by atoms with Crippen molar-refractivity contribution in [1.82, 2.24) is 5.32 Å². The van der Waals surface area contributed by atoms with Crippen molar-refractivity contribution in [2.24, 2.45) is 0 Å². The topological polar surface area (TPSA) is 52.5 Å². The number of rotatable bonds is 6. The Morgan fingerprint density at radius 1 is 0.857 bits per heavy atom. The zero-order valence-corrected chi connectivity index (χ0v) is 12.6. The van der Waals surface area contributed by atoms with Crippen LogP contribution in [0.2, 0.25) is 0 Å². The van der Waals surface area contributed by atoms with E-state index < -0.39 is 6.10 Å². The van der Waals surface area contributed by atoms with Gasteiger partial charge in [0.1, 0.15) is 0 Å². The molecule has 0 bridgehead atoms. The average Bonchev–Trinajstić information content (AvgIpc) is 2.50. The smallest absolute Gasteiger partial charge is 0.0984 e. The van der Waals surface area contributed by atoms with Gasteiger partial charge in [-0.1, -0.05) is 59.7 Å². The third kappa shape index (κ3) is 4.14. The minimum absolute atomic E-state index is 0.0446. The fraction of sp³-hybridized carbons (Fsp3) is 0.333. The lowest BCUT2D eigenvalue weighted by Crippen LogP contribution is -2.29. The summed E-state index contributed by atoms with van der Waals surface area (Å²) >= 11 is 0. The molecule has 0 radical (unpaired) electrons. The lowest BCUT2D eigenvalue weighted by Gasteiger charge is -2.25. The van der Waals surface area contributed by atoms with Crippen LogP contribution in [0.3, 0.4) is 0 Å². The van der Waals surface area contributed by atoms with E-state index in [1.165, 1.54) is 11.1 Å². The van der Waals surface area contributed by atoms with Crippen molar-refractivity contribution >= 4 is 0 Å². The molecule has 0 saturated heterocycles. The molecule has 0 saturated carbocycles. The summed E-state index contributed by atoms with van der Waals surface area (Å²) in [5, 5.41) is 22.9. The minimum atomic E-state index is -0.653. The van der Waals surface area contributed by atoms with Crippen LogP contribution < -0.4 is 5.32 Å². The van der Waals surface area contributed by atoms with Crippen LogP contribution in [-0.4, -0.2) is 23.4 Å². The number of aryl methyl sites for hydroxylation is 2. The monoisotopic (exact) mass is 285 g/mol. The van der Waals surface area contributed by atoms with Crippen molar-refractivity contribution in [3.05, 3.63) is 70.8 Å². The number of benzene rings is 2. The summed E-state index contributed by atoms with van der Waals surface area (Å²) in [6.45, 7) is 4.55. The van der Waals surface area contributed by atoms with Gasteiger partial charge in [-0.25, -0.2) is 0 Å². The van der Waals surface area contributed by atoms with E-state index in [0.717, 1.165) is 11.1 Å². The molecule has 2 aromatic rings. The highest BCUT2D eigenvalue weighted by molar-refractivity contribution is 5.30. The van der Waals surface area contributed by atoms with Crippen LogP contribution in [0.15, 0.2) is 48.5 Å². The Morgan fingerprint density at radius 3 is 1.81 bits per heavy atom. The van der Waals surface area contributed by atoms with E-state index in [9.17, 15) is 5.11 Å². The molecule has 2 aromatic carbocycles. The molecule has 112 valence electrons. The van der Waals surface area contributed by atoms with Gasteiger partial charge < -0.3 is 15.5 Å². The van der Waals surface area contributed by atoms with Crippen molar-refractivity contribution in [2.75, 3.05) is 13.2 Å². The van der Waals surface area contributed by atoms with E-state index >= 15 is 0 Å². The lowest BCUT2D eigenvalue weighted by atomic mass is 9.94. The maximum atomic E-state index is 10.7. The summed E-state index contributed by atoms with van der Waals surface area (Å²) in [6.07, 6.45) is -0.653. The van der Waals surface area contributed by atoms with E-state index in [2.05, 4.69) is 5.32 Å². The quantitative estimate of drug-likeness (QED) is 0.765. The fourth-order valence-corrected chi connectivity index (χ4v) is 2.36. The van der Waals surface area contributed by atoms with Gasteiger partial charge in [0.2, 0.25) is 0 Å². The van der Waals surface area contributed by atoms with Gasteiger partial charge in [0.15, 0.2) is 0 Å². The molecule has 0 fully saturated rings. The van der Waals surface area contributed by atoms with Crippen LogP contribution in [0.5, 0.6) is 0 Å². The molecular weight excluding hydrogens is 262 g/mol. The third-order valence-corrected chi connectivity index (χ3v) is 3.65. The molecule has 0 aromatic heterocycles. The summed E-state index contributed by atoms with van der Waals surface area (Å²) in [5.74, 6) is 0. The highest BCUT2D eigenvalue weighted by atomic mass is 16.3. The molecule has 0 aliphatic carbocycles. The first kappa shape index (κ1) is 15.7. The van der Waals surface area contributed by atoms with E-state index in [1.54, 1.807) is 0 Å². The van der Waals surface area contributed by atoms with Crippen LogP contribution in [0.1, 0.15) is 34.4 Å². The summed E-state index contributed by atoms with van der Waals surface area (Å²) in [4.78, 5) is 0. The predicted octanol–water partition coefficient (Wildman–Crippen LogP) is 2.66. The van der Waals surface area contributed by atoms with Crippen LogP contribution in [0.4, 0.5) is 0 Å². The number of hydrogen-bond acceptors (Lipinski definition) is 3. The van der Waals surface area contributed by atoms with E-state index in [0.29, 0.717) is 6.54 Å². The van der Waals surface area contributed by atoms with Gasteiger partial charge in [0.05, 0.1) is 18.8 Å². The molecule has 0 amide bonds. The Kier molecular flexibility index (Phi) is 5.51. The van der Waals surface area contributed by atoms with E-state index in [1.807, 2.05) is 62.4 Å². The van der Waals surface area contributed by atoms with Crippen molar-refractivity contribution < 1.29 is 10.2 Å². The highest BCUT2D eigenvalue weighted by Crippen LogP contribution is 2.29. The molecule has 0 aliphatic heterocycles. The van der Waals surface area contributed by atoms with Gasteiger partial charge in [-0.05, 0) is 25.0 Å². The number of hydrogen-bond donors (Lipinski definition) is 3. The summed E-state index contributed by atoms with van der Waals surface area (Å²) in [6, 6.07) is 15.7. The van der Waals surface area contributed by atoms with Gasteiger partial charge >= 0.3 is 0 Å². The predicted molar refractivity (Wildman–Crippen MR) is 85.1 cm³/mol. The largest absolute Gasteiger partial charge is 0.395 e. The highest BCUT2D eigenvalue weighted by Gasteiger charge is 2.22. The number of aliphatic hydroxyl groups excluding tert-OH is 2. The van der Waals surface area contributed by atoms with Crippen LogP contribution in [0.25, 0.3) is 0 Å². The lowest BCUT2D eigenvalue weighted by molar-refractivity contribution is 0.124. The Hall–Kier alpha value is -1.68. The molecule has 0 spiro atoms. The third-order valence-electron chi connectivity index (χ3n) is 3.65. The standard InChI is InChI=1S/C18H23NO2/c1-13-3-7-15(8-4-13)17(19-11-12-20)18(21)16-9-5-14(2)6-10-16/h3-10,17-21H,11-12H2,1-2H3. The van der Waals surface area contributed by atoms with Crippen molar-refractivity contribution in [3.63, 3.8) is 0 Å². The van der Waals surface area contributed by atoms with E-state index in [-0.39, 0.29) is 12.6 Å². The summed E-state index contributed by atoms with van der Waals surface area (Å²) < 4.78 is 0. The second-order valence-electron chi connectivity index (χ2n) is 5.42. The van der Waals surface area contributed by atoms with Crippen LogP contribution in [-0.2, 0) is 0 Å². The van der Waals surface area contributed by atoms with E-state index in [4.69, 9.17) is 5.11 Å². The second-order valence-corrected chi connectivity index (χ2v) is 5.42. The van der Waals surface area contributed by atoms with Crippen molar-refractivity contribution in [3.8, 4) is 0 Å².